The third-order valence-electron chi connectivity index (χ3n) is 0. The van der Waals surface area contributed by atoms with E-state index in [-0.39, 0.29) is 145 Å². The van der Waals surface area contributed by atoms with Crippen molar-refractivity contribution in [3.63, 3.8) is 0 Å². The van der Waals surface area contributed by atoms with E-state index in [9.17, 15) is 0 Å². The van der Waals surface area contributed by atoms with Gasteiger partial charge in [0.05, 0.1) is 0 Å². The van der Waals surface area contributed by atoms with Crippen LogP contribution in [0.5, 0.6) is 0 Å². The van der Waals surface area contributed by atoms with Gasteiger partial charge in [-0.1, -0.05) is 7.43 Å². The van der Waals surface area contributed by atoms with Crippen molar-refractivity contribution in [3.8, 4) is 0 Å². The van der Waals surface area contributed by atoms with Crippen LogP contribution in [0.2, 0.25) is 0 Å². The molecule has 11 heteroatoms. The molecule has 0 aliphatic rings. The fourth-order valence-corrected chi connectivity index (χ4v) is 0. The van der Waals surface area contributed by atoms with Crippen LogP contribution in [-0.2, 0) is 38.3 Å². The van der Waals surface area contributed by atoms with Gasteiger partial charge in [-0.05, 0) is 0 Å². The summed E-state index contributed by atoms with van der Waals surface area (Å²) in [5.41, 5.74) is 0. The van der Waals surface area contributed by atoms with Crippen molar-refractivity contribution in [3.05, 3.63) is 0 Å². The minimum absolute atomic E-state index is 0. The molecule has 0 unspecified atom stereocenters. The Balaban J connectivity index is 0. The van der Waals surface area contributed by atoms with Gasteiger partial charge in [0.1, 0.15) is 0 Å². The van der Waals surface area contributed by atoms with Crippen LogP contribution < -0.4 is 0 Å². The van der Waals surface area contributed by atoms with Crippen molar-refractivity contribution in [2.24, 2.45) is 0 Å². The van der Waals surface area contributed by atoms with Gasteiger partial charge in [0.2, 0.25) is 0 Å². The van der Waals surface area contributed by atoms with Crippen LogP contribution in [0.25, 0.3) is 0 Å². The van der Waals surface area contributed by atoms with E-state index in [0.29, 0.717) is 0 Å². The molecule has 0 aliphatic carbocycles. The van der Waals surface area contributed by atoms with Crippen LogP contribution in [0.15, 0.2) is 0 Å². The maximum Gasteiger partial charge on any atom is 4.00 e. The summed E-state index contributed by atoms with van der Waals surface area (Å²) in [5.74, 6) is 0. The molecule has 0 amide bonds. The summed E-state index contributed by atoms with van der Waals surface area (Å²) < 4.78 is 0. The molecule has 0 spiro atoms. The van der Waals surface area contributed by atoms with Gasteiger partial charge in [-0.2, -0.15) is 0 Å². The molecule has 0 radical (unpaired) electrons. The fraction of sp³-hybridized carbons (Fsp3) is 1.00. The first kappa shape index (κ1) is 318. The maximum atomic E-state index is 0. The minimum Gasteiger partial charge on any atom is -2.00 e. The average Bonchev–Trinajstić information content (AvgIpc) is 0. The molecule has 0 aliphatic heterocycles. The first-order valence-corrected chi connectivity index (χ1v) is 0. The van der Waals surface area contributed by atoms with Gasteiger partial charge in [0, 0.05) is 0 Å². The topological polar surface area (TPSA) is 200 Å². The summed E-state index contributed by atoms with van der Waals surface area (Å²) >= 11 is 0. The van der Waals surface area contributed by atoms with E-state index >= 15 is 0 Å². The summed E-state index contributed by atoms with van der Waals surface area (Å²) in [5, 5.41) is 0. The normalized spacial score (nSPS) is 0. The quantitative estimate of drug-likeness (QED) is 0.288. The third-order valence-corrected chi connectivity index (χ3v) is 0. The van der Waals surface area contributed by atoms with Gasteiger partial charge < -0.3 is 38.3 Å². The molecule has 0 atom stereocenters. The van der Waals surface area contributed by atoms with Crippen LogP contribution in [0.1, 0.15) is 7.43 Å². The summed E-state index contributed by atoms with van der Waals surface area (Å²) in [6.07, 6.45) is 0. The van der Waals surface area contributed by atoms with Gasteiger partial charge in [-0.3, -0.25) is 0 Å². The molecule has 0 aromatic carbocycles. The van der Waals surface area contributed by atoms with E-state index in [0.717, 1.165) is 0 Å². The fourth-order valence-electron chi connectivity index (χ4n) is 0. The first-order valence-electron chi connectivity index (χ1n) is 0. The SMILES string of the molecule is C.[In+3].[In+3].[O-2].[O-2].[O-2].[O-2].[O-2].[O-2].[O-2].[Sn+4].[Sn+4]. The van der Waals surface area contributed by atoms with E-state index in [1.165, 1.54) is 0 Å². The molecule has 0 fully saturated rings. The molecule has 0 saturated heterocycles. The largest absolute Gasteiger partial charge is 4.00 e. The molecule has 0 aromatic heterocycles. The van der Waals surface area contributed by atoms with E-state index in [1.807, 2.05) is 0 Å². The molecule has 64 valence electrons. The van der Waals surface area contributed by atoms with Gasteiger partial charge in [-0.15, -0.1) is 0 Å². The number of rotatable bonds is 0. The Bertz CT molecular complexity index is 19.4. The first-order chi connectivity index (χ1) is 0. The molecular weight excluding hydrogens is 591 g/mol. The Morgan fingerprint density at radius 3 is 0.333 bits per heavy atom. The zero-order valence-corrected chi connectivity index (χ0v) is 17.3. The Hall–Kier alpha value is 3.06. The second kappa shape index (κ2) is 256. The van der Waals surface area contributed by atoms with Gasteiger partial charge in [0.25, 0.3) is 0 Å². The molecule has 7 nitrogen and oxygen atoms in total. The van der Waals surface area contributed by atoms with E-state index in [2.05, 4.69) is 0 Å². The monoisotopic (exact) mass is 598 g/mol. The van der Waals surface area contributed by atoms with Crippen molar-refractivity contribution in [2.75, 3.05) is 0 Å². The third kappa shape index (κ3) is 203. The molecule has 0 N–H and O–H groups in total. The average molecular weight is 595 g/mol. The van der Waals surface area contributed by atoms with Crippen molar-refractivity contribution >= 4 is 99.5 Å². The van der Waals surface area contributed by atoms with Gasteiger partial charge in [0.15, 0.2) is 0 Å². The van der Waals surface area contributed by atoms with E-state index in [4.69, 9.17) is 0 Å². The predicted molar refractivity (Wildman–Crippen MR) is 34.6 cm³/mol. The zero-order chi connectivity index (χ0) is 0. The van der Waals surface area contributed by atoms with Crippen molar-refractivity contribution < 1.29 is 38.3 Å². The second-order valence-corrected chi connectivity index (χ2v) is 0. The van der Waals surface area contributed by atoms with Crippen molar-refractivity contribution in [1.82, 2.24) is 0 Å². The molecule has 0 heterocycles. The van der Waals surface area contributed by atoms with Crippen LogP contribution >= 0.6 is 0 Å². The summed E-state index contributed by atoms with van der Waals surface area (Å²) in [4.78, 5) is 0. The van der Waals surface area contributed by atoms with Crippen LogP contribution in [0, 0.1) is 0 Å². The molecule has 0 bridgehead atoms. The maximum absolute atomic E-state index is 0. The Morgan fingerprint density at radius 2 is 0.333 bits per heavy atom. The smallest absolute Gasteiger partial charge is 2.00 e. The summed E-state index contributed by atoms with van der Waals surface area (Å²) in [7, 11) is 0. The Labute approximate surface area is 143 Å². The molecule has 0 aromatic rings. The number of hydrogen-bond donors (Lipinski definition) is 0. The second-order valence-electron chi connectivity index (χ2n) is 0. The molecule has 0 saturated carbocycles. The summed E-state index contributed by atoms with van der Waals surface area (Å²) in [6, 6.07) is 0. The Kier molecular flexibility index (Phi) is 6800. The van der Waals surface area contributed by atoms with Crippen LogP contribution in [0.3, 0.4) is 0 Å². The van der Waals surface area contributed by atoms with Gasteiger partial charge >= 0.3 is 99.5 Å². The minimum atomic E-state index is 0. The molecular formula is CH4In2O7Sn2. The predicted octanol–water partition coefficient (Wildman–Crippen LogP) is -1.72. The van der Waals surface area contributed by atoms with E-state index < -0.39 is 0 Å². The van der Waals surface area contributed by atoms with Crippen molar-refractivity contribution in [2.45, 2.75) is 7.43 Å². The standard InChI is InChI=1S/CH4.2In.7O.2Sn/h1H4;;;;;;;;;;;/q;2*+3;7*-2;2*+4. The Morgan fingerprint density at radius 1 is 0.333 bits per heavy atom. The molecule has 0 rings (SSSR count). The van der Waals surface area contributed by atoms with Gasteiger partial charge in [-0.25, -0.2) is 0 Å². The van der Waals surface area contributed by atoms with E-state index in [1.54, 1.807) is 0 Å². The van der Waals surface area contributed by atoms with Crippen LogP contribution in [0.4, 0.5) is 0 Å². The number of hydrogen-bond acceptors (Lipinski definition) is 0. The molecule has 12 heavy (non-hydrogen) atoms. The summed E-state index contributed by atoms with van der Waals surface area (Å²) in [6.45, 7) is 0. The van der Waals surface area contributed by atoms with Crippen molar-refractivity contribution in [1.29, 1.82) is 0 Å². The van der Waals surface area contributed by atoms with Crippen LogP contribution in [-0.4, -0.2) is 99.5 Å². The zero-order valence-electron chi connectivity index (χ0n) is 5.01.